The molecule has 19 heavy (non-hydrogen) atoms. The van der Waals surface area contributed by atoms with E-state index in [9.17, 15) is 0 Å². The molecule has 0 saturated heterocycles. The van der Waals surface area contributed by atoms with Crippen LogP contribution in [-0.2, 0) is 0 Å². The van der Waals surface area contributed by atoms with Crippen molar-refractivity contribution in [2.75, 3.05) is 0 Å². The van der Waals surface area contributed by atoms with Crippen molar-refractivity contribution in [2.24, 2.45) is 0 Å². The molecule has 1 aromatic carbocycles. The number of nitrogens with zero attached hydrogens (tertiary/aromatic N) is 6. The van der Waals surface area contributed by atoms with E-state index < -0.39 is 0 Å². The smallest absolute Gasteiger partial charge is 0.160 e. The predicted molar refractivity (Wildman–Crippen MR) is 78.1 cm³/mol. The molecular formula is C12H7IN6. The lowest BCUT2D eigenvalue weighted by molar-refractivity contribution is 0.818. The molecule has 4 aromatic rings. The Bertz CT molecular complexity index is 893. The Hall–Kier alpha value is -2.03. The van der Waals surface area contributed by atoms with Gasteiger partial charge in [0.1, 0.15) is 11.8 Å². The molecule has 4 rings (SSSR count). The van der Waals surface area contributed by atoms with Gasteiger partial charge in [0, 0.05) is 9.77 Å². The highest BCUT2D eigenvalue weighted by atomic mass is 127. The summed E-state index contributed by atoms with van der Waals surface area (Å²) in [5.74, 6) is 0. The molecular weight excluding hydrogens is 355 g/mol. The topological polar surface area (TPSA) is 60.9 Å². The highest BCUT2D eigenvalue weighted by Crippen LogP contribution is 2.18. The molecule has 0 aliphatic carbocycles. The molecule has 0 N–H and O–H groups in total. The molecule has 0 spiro atoms. The zero-order valence-corrected chi connectivity index (χ0v) is 11.8. The van der Waals surface area contributed by atoms with Gasteiger partial charge in [-0.3, -0.25) is 4.40 Å². The number of halogens is 1. The summed E-state index contributed by atoms with van der Waals surface area (Å²) in [6.45, 7) is 0. The van der Waals surface area contributed by atoms with E-state index in [1.165, 1.54) is 0 Å². The highest BCUT2D eigenvalue weighted by molar-refractivity contribution is 14.1. The minimum atomic E-state index is 0.808. The van der Waals surface area contributed by atoms with Gasteiger partial charge in [-0.2, -0.15) is 0 Å². The van der Waals surface area contributed by atoms with Gasteiger partial charge in [0.05, 0.1) is 11.2 Å². The van der Waals surface area contributed by atoms with Crippen LogP contribution < -0.4 is 0 Å². The van der Waals surface area contributed by atoms with E-state index in [2.05, 4.69) is 43.1 Å². The van der Waals surface area contributed by atoms with Crippen molar-refractivity contribution in [2.45, 2.75) is 0 Å². The number of hydrogen-bond donors (Lipinski definition) is 0. The van der Waals surface area contributed by atoms with Crippen LogP contribution in [0.4, 0.5) is 0 Å². The number of benzene rings is 1. The Morgan fingerprint density at radius 2 is 2.00 bits per heavy atom. The summed E-state index contributed by atoms with van der Waals surface area (Å²) in [7, 11) is 0. The van der Waals surface area contributed by atoms with Crippen LogP contribution in [0.5, 0.6) is 0 Å². The van der Waals surface area contributed by atoms with Crippen LogP contribution in [-0.4, -0.2) is 29.6 Å². The molecule has 0 fully saturated rings. The van der Waals surface area contributed by atoms with Crippen LogP contribution in [0.1, 0.15) is 0 Å². The first-order chi connectivity index (χ1) is 9.31. The molecule has 0 aliphatic rings. The van der Waals surface area contributed by atoms with Gasteiger partial charge in [0.25, 0.3) is 0 Å². The largest absolute Gasteiger partial charge is 0.287 e. The van der Waals surface area contributed by atoms with Crippen molar-refractivity contribution in [1.82, 2.24) is 29.6 Å². The summed E-state index contributed by atoms with van der Waals surface area (Å²) in [4.78, 5) is 0. The lowest BCUT2D eigenvalue weighted by atomic mass is 10.3. The lowest BCUT2D eigenvalue weighted by Crippen LogP contribution is -1.98. The average Bonchev–Trinajstić information content (AvgIpc) is 3.02. The number of hydrogen-bond acceptors (Lipinski definition) is 4. The van der Waals surface area contributed by atoms with Crippen molar-refractivity contribution in [3.05, 3.63) is 46.4 Å². The van der Waals surface area contributed by atoms with E-state index in [4.69, 9.17) is 0 Å². The molecule has 0 radical (unpaired) electrons. The molecule has 0 aliphatic heterocycles. The quantitative estimate of drug-likeness (QED) is 0.487. The van der Waals surface area contributed by atoms with Crippen molar-refractivity contribution in [3.8, 4) is 5.69 Å². The second-order valence-electron chi connectivity index (χ2n) is 4.12. The second-order valence-corrected chi connectivity index (χ2v) is 5.36. The van der Waals surface area contributed by atoms with Crippen LogP contribution in [0.2, 0.25) is 0 Å². The molecule has 0 saturated carbocycles. The maximum Gasteiger partial charge on any atom is 0.160 e. The molecule has 7 heteroatoms. The molecule has 3 heterocycles. The van der Waals surface area contributed by atoms with E-state index in [1.807, 2.05) is 45.6 Å². The van der Waals surface area contributed by atoms with Gasteiger partial charge in [-0.1, -0.05) is 5.21 Å². The number of pyridine rings is 1. The third-order valence-electron chi connectivity index (χ3n) is 2.93. The van der Waals surface area contributed by atoms with E-state index in [-0.39, 0.29) is 0 Å². The summed E-state index contributed by atoms with van der Waals surface area (Å²) in [5, 5.41) is 16.2. The maximum absolute atomic E-state index is 4.21. The van der Waals surface area contributed by atoms with Crippen LogP contribution in [0.3, 0.4) is 0 Å². The molecule has 3 aromatic heterocycles. The normalized spacial score (nSPS) is 11.4. The highest BCUT2D eigenvalue weighted by Gasteiger charge is 2.07. The van der Waals surface area contributed by atoms with Crippen molar-refractivity contribution < 1.29 is 0 Å². The Morgan fingerprint density at radius 3 is 2.95 bits per heavy atom. The second kappa shape index (κ2) is 3.98. The molecule has 0 amide bonds. The first-order valence-corrected chi connectivity index (χ1v) is 6.70. The molecule has 6 nitrogen and oxygen atoms in total. The molecule has 0 atom stereocenters. The third-order valence-corrected chi connectivity index (χ3v) is 3.60. The van der Waals surface area contributed by atoms with E-state index >= 15 is 0 Å². The fourth-order valence-corrected chi connectivity index (χ4v) is 2.50. The Morgan fingerprint density at radius 1 is 1.05 bits per heavy atom. The van der Waals surface area contributed by atoms with Gasteiger partial charge in [-0.25, -0.2) is 4.68 Å². The number of aromatic nitrogens is 6. The maximum atomic E-state index is 4.21. The first kappa shape index (κ1) is 10.9. The molecule has 92 valence electrons. The van der Waals surface area contributed by atoms with Crippen molar-refractivity contribution in [3.63, 3.8) is 0 Å². The SMILES string of the molecule is Ic1ccc2c(c1)nnn2-c1ccc2nncn2c1. The average molecular weight is 362 g/mol. The van der Waals surface area contributed by atoms with Gasteiger partial charge in [-0.15, -0.1) is 15.3 Å². The van der Waals surface area contributed by atoms with E-state index in [1.54, 1.807) is 6.33 Å². The van der Waals surface area contributed by atoms with E-state index in [0.717, 1.165) is 25.9 Å². The Labute approximate surface area is 121 Å². The summed E-state index contributed by atoms with van der Waals surface area (Å²) in [5.41, 5.74) is 3.60. The van der Waals surface area contributed by atoms with Crippen molar-refractivity contribution >= 4 is 39.3 Å². The van der Waals surface area contributed by atoms with Crippen LogP contribution >= 0.6 is 22.6 Å². The summed E-state index contributed by atoms with van der Waals surface area (Å²) < 4.78 is 4.81. The van der Waals surface area contributed by atoms with Crippen LogP contribution in [0.25, 0.3) is 22.4 Å². The van der Waals surface area contributed by atoms with Gasteiger partial charge >= 0.3 is 0 Å². The molecule has 0 unspecified atom stereocenters. The number of rotatable bonds is 1. The minimum absolute atomic E-state index is 0.808. The van der Waals surface area contributed by atoms with Gasteiger partial charge < -0.3 is 0 Å². The minimum Gasteiger partial charge on any atom is -0.287 e. The monoisotopic (exact) mass is 362 g/mol. The first-order valence-electron chi connectivity index (χ1n) is 5.62. The summed E-state index contributed by atoms with van der Waals surface area (Å²) in [6.07, 6.45) is 3.60. The lowest BCUT2D eigenvalue weighted by Gasteiger charge is -2.02. The van der Waals surface area contributed by atoms with Crippen LogP contribution in [0, 0.1) is 3.57 Å². The van der Waals surface area contributed by atoms with Crippen LogP contribution in [0.15, 0.2) is 42.9 Å². The predicted octanol–water partition coefficient (Wildman–Crippen LogP) is 2.07. The zero-order chi connectivity index (χ0) is 12.8. The Kier molecular flexibility index (Phi) is 2.28. The van der Waals surface area contributed by atoms with E-state index in [0.29, 0.717) is 0 Å². The summed E-state index contributed by atoms with van der Waals surface area (Å²) in [6, 6.07) is 9.93. The fraction of sp³-hybridized carbons (Fsp3) is 0. The van der Waals surface area contributed by atoms with Gasteiger partial charge in [0.15, 0.2) is 5.65 Å². The standard InChI is InChI=1S/C12H7IN6/c13-8-1-3-11-10(5-8)15-17-19(11)9-2-4-12-16-14-7-18(12)6-9/h1-7H. The zero-order valence-electron chi connectivity index (χ0n) is 9.60. The Balaban J connectivity index is 1.97. The third kappa shape index (κ3) is 1.69. The summed E-state index contributed by atoms with van der Waals surface area (Å²) >= 11 is 2.26. The molecule has 0 bridgehead atoms. The fourth-order valence-electron chi connectivity index (χ4n) is 2.03. The number of fused-ring (bicyclic) bond motifs is 2. The van der Waals surface area contributed by atoms with Gasteiger partial charge in [-0.05, 0) is 52.9 Å². The van der Waals surface area contributed by atoms with Crippen molar-refractivity contribution in [1.29, 1.82) is 0 Å². The van der Waals surface area contributed by atoms with Gasteiger partial charge in [0.2, 0.25) is 0 Å².